The van der Waals surface area contributed by atoms with Crippen molar-refractivity contribution < 1.29 is 17.9 Å². The monoisotopic (exact) mass is 494 g/mol. The molecule has 0 spiro atoms. The Morgan fingerprint density at radius 1 is 1.17 bits per heavy atom. The second kappa shape index (κ2) is 8.98. The van der Waals surface area contributed by atoms with Crippen molar-refractivity contribution in [1.29, 1.82) is 0 Å². The van der Waals surface area contributed by atoms with Gasteiger partial charge in [-0.25, -0.2) is 8.42 Å². The van der Waals surface area contributed by atoms with Crippen molar-refractivity contribution >= 4 is 48.9 Å². The highest BCUT2D eigenvalue weighted by Gasteiger charge is 2.23. The van der Waals surface area contributed by atoms with Crippen LogP contribution in [0.2, 0.25) is 0 Å². The third-order valence-electron chi connectivity index (χ3n) is 4.24. The minimum absolute atomic E-state index is 0.0876. The van der Waals surface area contributed by atoms with Crippen molar-refractivity contribution in [2.24, 2.45) is 0 Å². The molecule has 1 heterocycles. The van der Waals surface area contributed by atoms with Gasteiger partial charge in [0.1, 0.15) is 5.75 Å². The third-order valence-corrected chi connectivity index (χ3v) is 7.73. The zero-order valence-electron chi connectivity index (χ0n) is 15.8. The van der Waals surface area contributed by atoms with Gasteiger partial charge in [0, 0.05) is 27.3 Å². The smallest absolute Gasteiger partial charge is 0.264 e. The third kappa shape index (κ3) is 4.80. The van der Waals surface area contributed by atoms with E-state index in [0.29, 0.717) is 23.5 Å². The number of sulfonamides is 1. The molecule has 2 aromatic carbocycles. The summed E-state index contributed by atoms with van der Waals surface area (Å²) in [6.45, 7) is 0.408. The molecule has 0 radical (unpaired) electrons. The summed E-state index contributed by atoms with van der Waals surface area (Å²) in [7, 11) is -0.849. The molecule has 152 valence electrons. The molecular weight excluding hydrogens is 476 g/mol. The summed E-state index contributed by atoms with van der Waals surface area (Å²) in [5.74, 6) is 0.186. The summed E-state index contributed by atoms with van der Waals surface area (Å²) in [5.41, 5.74) is 0.818. The molecule has 0 aliphatic heterocycles. The number of benzene rings is 2. The lowest BCUT2D eigenvalue weighted by atomic mass is 10.2. The van der Waals surface area contributed by atoms with E-state index >= 15 is 0 Å². The lowest BCUT2D eigenvalue weighted by molar-refractivity contribution is 0.0951. The summed E-state index contributed by atoms with van der Waals surface area (Å²) in [4.78, 5) is 13.4. The Balaban J connectivity index is 1.75. The van der Waals surface area contributed by atoms with Crippen molar-refractivity contribution in [3.05, 3.63) is 74.9 Å². The van der Waals surface area contributed by atoms with Crippen LogP contribution in [0.3, 0.4) is 0 Å². The van der Waals surface area contributed by atoms with E-state index in [1.807, 2.05) is 11.4 Å². The van der Waals surface area contributed by atoms with Crippen molar-refractivity contribution in [1.82, 2.24) is 5.32 Å². The Kier molecular flexibility index (Phi) is 6.61. The van der Waals surface area contributed by atoms with Gasteiger partial charge in [0.25, 0.3) is 15.9 Å². The molecule has 0 fully saturated rings. The molecule has 0 saturated heterocycles. The molecule has 3 aromatic rings. The average molecular weight is 495 g/mol. The van der Waals surface area contributed by atoms with Crippen LogP contribution in [0.15, 0.2) is 69.3 Å². The zero-order chi connectivity index (χ0) is 21.0. The predicted octanol–water partition coefficient (Wildman–Crippen LogP) is 4.27. The van der Waals surface area contributed by atoms with Crippen molar-refractivity contribution in [3.63, 3.8) is 0 Å². The van der Waals surface area contributed by atoms with Crippen LogP contribution in [-0.4, -0.2) is 28.5 Å². The van der Waals surface area contributed by atoms with Crippen LogP contribution in [0, 0.1) is 0 Å². The second-order valence-corrected chi connectivity index (χ2v) is 9.96. The predicted molar refractivity (Wildman–Crippen MR) is 118 cm³/mol. The standard InChI is InChI=1S/C20H19BrN2O4S2/c1-23(18-5-3-4-6-19(18)27-2)29(25,26)17-9-7-14(8-10-17)20(24)22-12-16-11-15(21)13-28-16/h3-11,13H,12H2,1-2H3,(H,22,24). The summed E-state index contributed by atoms with van der Waals surface area (Å²) in [5, 5.41) is 4.77. The van der Waals surface area contributed by atoms with E-state index in [9.17, 15) is 13.2 Å². The van der Waals surface area contributed by atoms with Gasteiger partial charge in [-0.3, -0.25) is 9.10 Å². The molecule has 1 N–H and O–H groups in total. The first kappa shape index (κ1) is 21.4. The fourth-order valence-electron chi connectivity index (χ4n) is 2.67. The van der Waals surface area contributed by atoms with Gasteiger partial charge in [-0.05, 0) is 58.4 Å². The number of carbonyl (C=O) groups excluding carboxylic acids is 1. The Bertz CT molecular complexity index is 1110. The number of thiophene rings is 1. The van der Waals surface area contributed by atoms with Crippen LogP contribution < -0.4 is 14.4 Å². The molecule has 9 heteroatoms. The molecule has 29 heavy (non-hydrogen) atoms. The molecule has 0 bridgehead atoms. The number of hydrogen-bond donors (Lipinski definition) is 1. The molecule has 6 nitrogen and oxygen atoms in total. The van der Waals surface area contributed by atoms with E-state index in [-0.39, 0.29) is 10.8 Å². The first-order valence-electron chi connectivity index (χ1n) is 8.56. The molecule has 0 aliphatic carbocycles. The van der Waals surface area contributed by atoms with Gasteiger partial charge in [0.15, 0.2) is 0 Å². The summed E-state index contributed by atoms with van der Waals surface area (Å²) < 4.78 is 33.3. The van der Waals surface area contributed by atoms with E-state index < -0.39 is 10.0 Å². The number of nitrogens with one attached hydrogen (secondary N) is 1. The van der Waals surface area contributed by atoms with Gasteiger partial charge >= 0.3 is 0 Å². The van der Waals surface area contributed by atoms with Crippen molar-refractivity contribution in [2.75, 3.05) is 18.5 Å². The van der Waals surface area contributed by atoms with E-state index in [4.69, 9.17) is 4.74 Å². The van der Waals surface area contributed by atoms with E-state index in [1.165, 1.54) is 49.8 Å². The number of nitrogens with zero attached hydrogens (tertiary/aromatic N) is 1. The highest BCUT2D eigenvalue weighted by Crippen LogP contribution is 2.30. The largest absolute Gasteiger partial charge is 0.495 e. The first-order valence-corrected chi connectivity index (χ1v) is 11.7. The SMILES string of the molecule is COc1ccccc1N(C)S(=O)(=O)c1ccc(C(=O)NCc2cc(Br)cs2)cc1. The number of para-hydroxylation sites is 2. The topological polar surface area (TPSA) is 75.7 Å². The Morgan fingerprint density at radius 3 is 2.48 bits per heavy atom. The highest BCUT2D eigenvalue weighted by molar-refractivity contribution is 9.10. The first-order chi connectivity index (χ1) is 13.8. The summed E-state index contributed by atoms with van der Waals surface area (Å²) in [6.07, 6.45) is 0. The average Bonchev–Trinajstić information content (AvgIpc) is 3.16. The van der Waals surface area contributed by atoms with Gasteiger partial charge in [-0.2, -0.15) is 0 Å². The van der Waals surface area contributed by atoms with Crippen LogP contribution in [0.25, 0.3) is 0 Å². The van der Waals surface area contributed by atoms with Crippen LogP contribution in [0.4, 0.5) is 5.69 Å². The van der Waals surface area contributed by atoms with Gasteiger partial charge in [-0.1, -0.05) is 12.1 Å². The van der Waals surface area contributed by atoms with Gasteiger partial charge in [0.05, 0.1) is 24.2 Å². The number of amides is 1. The van der Waals surface area contributed by atoms with Crippen LogP contribution in [0.5, 0.6) is 5.75 Å². The van der Waals surface area contributed by atoms with Crippen LogP contribution in [0.1, 0.15) is 15.2 Å². The number of methoxy groups -OCH3 is 1. The Morgan fingerprint density at radius 2 is 1.86 bits per heavy atom. The zero-order valence-corrected chi connectivity index (χ0v) is 19.0. The number of ether oxygens (including phenoxy) is 1. The van der Waals surface area contributed by atoms with Crippen LogP contribution >= 0.6 is 27.3 Å². The number of rotatable bonds is 7. The van der Waals surface area contributed by atoms with E-state index in [0.717, 1.165) is 13.7 Å². The molecule has 1 amide bonds. The van der Waals surface area contributed by atoms with Crippen molar-refractivity contribution in [3.8, 4) is 5.75 Å². The maximum Gasteiger partial charge on any atom is 0.264 e. The molecule has 0 aliphatic rings. The Labute approximate surface area is 182 Å². The molecule has 0 unspecified atom stereocenters. The number of anilines is 1. The molecular formula is C20H19BrN2O4S2. The van der Waals surface area contributed by atoms with Gasteiger partial charge < -0.3 is 10.1 Å². The summed E-state index contributed by atoms with van der Waals surface area (Å²) in [6, 6.07) is 14.7. The number of hydrogen-bond acceptors (Lipinski definition) is 5. The fourth-order valence-corrected chi connectivity index (χ4v) is 5.27. The maximum absolute atomic E-state index is 13.0. The van der Waals surface area contributed by atoms with Gasteiger partial charge in [0.2, 0.25) is 0 Å². The van der Waals surface area contributed by atoms with E-state index in [1.54, 1.807) is 24.3 Å². The van der Waals surface area contributed by atoms with Crippen LogP contribution in [-0.2, 0) is 16.6 Å². The normalized spacial score (nSPS) is 11.1. The van der Waals surface area contributed by atoms with E-state index in [2.05, 4.69) is 21.2 Å². The van der Waals surface area contributed by atoms with Crippen molar-refractivity contribution in [2.45, 2.75) is 11.4 Å². The molecule has 0 atom stereocenters. The second-order valence-electron chi connectivity index (χ2n) is 6.08. The molecule has 0 saturated carbocycles. The lowest BCUT2D eigenvalue weighted by Gasteiger charge is -2.21. The molecule has 1 aromatic heterocycles. The minimum atomic E-state index is -3.80. The maximum atomic E-state index is 13.0. The van der Waals surface area contributed by atoms with Gasteiger partial charge in [-0.15, -0.1) is 11.3 Å². The summed E-state index contributed by atoms with van der Waals surface area (Å²) >= 11 is 4.92. The fraction of sp³-hybridized carbons (Fsp3) is 0.150. The quantitative estimate of drug-likeness (QED) is 0.531. The Hall–Kier alpha value is -2.36. The highest BCUT2D eigenvalue weighted by atomic mass is 79.9. The lowest BCUT2D eigenvalue weighted by Crippen LogP contribution is -2.27. The number of carbonyl (C=O) groups is 1. The number of halogens is 1. The molecule has 3 rings (SSSR count). The minimum Gasteiger partial charge on any atom is -0.495 e.